The number of fused-ring (bicyclic) bond motifs is 1. The van der Waals surface area contributed by atoms with E-state index in [-0.39, 0.29) is 24.0 Å². The Kier molecular flexibility index (Phi) is 4.26. The molecule has 1 aliphatic carbocycles. The zero-order chi connectivity index (χ0) is 17.3. The van der Waals surface area contributed by atoms with Gasteiger partial charge in [0.1, 0.15) is 6.54 Å². The molecule has 0 aliphatic heterocycles. The third kappa shape index (κ3) is 3.25. The van der Waals surface area contributed by atoms with Gasteiger partial charge in [-0.25, -0.2) is 9.78 Å². The zero-order valence-electron chi connectivity index (χ0n) is 14.3. The summed E-state index contributed by atoms with van der Waals surface area (Å²) in [6, 6.07) is 1.59. The van der Waals surface area contributed by atoms with Crippen molar-refractivity contribution in [3.05, 3.63) is 46.4 Å². The minimum absolute atomic E-state index is 0.0219. The van der Waals surface area contributed by atoms with E-state index in [0.717, 1.165) is 24.8 Å². The van der Waals surface area contributed by atoms with Crippen LogP contribution in [-0.2, 0) is 23.3 Å². The van der Waals surface area contributed by atoms with E-state index in [1.165, 1.54) is 16.5 Å². The molecule has 7 nitrogen and oxygen atoms in total. The fourth-order valence-electron chi connectivity index (χ4n) is 3.19. The molecule has 1 N–H and O–H groups in total. The third-order valence-corrected chi connectivity index (χ3v) is 4.25. The SMILES string of the molecule is CC(C)(C)n1ncc2c1CCC[C@H]2NC(=O)Cn1cccnc1=O. The Balaban J connectivity index is 1.76. The first-order chi connectivity index (χ1) is 11.4. The minimum atomic E-state index is -0.419. The van der Waals surface area contributed by atoms with Gasteiger partial charge in [0.25, 0.3) is 0 Å². The number of hydrogen-bond acceptors (Lipinski definition) is 4. The maximum atomic E-state index is 12.3. The lowest BCUT2D eigenvalue weighted by atomic mass is 9.92. The van der Waals surface area contributed by atoms with E-state index >= 15 is 0 Å². The van der Waals surface area contributed by atoms with Gasteiger partial charge in [-0.05, 0) is 46.1 Å². The number of rotatable bonds is 3. The standard InChI is InChI=1S/C17H23N5O2/c1-17(2,3)22-14-7-4-6-13(12(14)10-19-22)20-15(23)11-21-9-5-8-18-16(21)24/h5,8-10,13H,4,6-7,11H2,1-3H3,(H,20,23)/t13-/m1/s1. The molecule has 2 aromatic rings. The van der Waals surface area contributed by atoms with Gasteiger partial charge in [0.05, 0.1) is 17.8 Å². The third-order valence-electron chi connectivity index (χ3n) is 4.25. The Morgan fingerprint density at radius 3 is 2.92 bits per heavy atom. The van der Waals surface area contributed by atoms with E-state index in [0.29, 0.717) is 0 Å². The van der Waals surface area contributed by atoms with E-state index in [2.05, 4.69) is 36.2 Å². The van der Waals surface area contributed by atoms with Gasteiger partial charge in [0, 0.05) is 23.7 Å². The van der Waals surface area contributed by atoms with Crippen LogP contribution in [0.2, 0.25) is 0 Å². The molecule has 0 unspecified atom stereocenters. The maximum Gasteiger partial charge on any atom is 0.347 e. The quantitative estimate of drug-likeness (QED) is 0.922. The number of hydrogen-bond donors (Lipinski definition) is 1. The number of nitrogens with one attached hydrogen (secondary N) is 1. The van der Waals surface area contributed by atoms with Crippen molar-refractivity contribution in [1.29, 1.82) is 0 Å². The van der Waals surface area contributed by atoms with Crippen LogP contribution in [0.1, 0.15) is 50.9 Å². The minimum Gasteiger partial charge on any atom is -0.348 e. The molecular weight excluding hydrogens is 306 g/mol. The first-order valence-corrected chi connectivity index (χ1v) is 8.24. The Labute approximate surface area is 140 Å². The van der Waals surface area contributed by atoms with Crippen LogP contribution in [0.4, 0.5) is 0 Å². The summed E-state index contributed by atoms with van der Waals surface area (Å²) in [5.41, 5.74) is 1.78. The molecule has 0 bridgehead atoms. The lowest BCUT2D eigenvalue weighted by molar-refractivity contribution is -0.122. The molecule has 7 heteroatoms. The number of nitrogens with zero attached hydrogens (tertiary/aromatic N) is 4. The first kappa shape index (κ1) is 16.4. The largest absolute Gasteiger partial charge is 0.348 e. The highest BCUT2D eigenvalue weighted by molar-refractivity contribution is 5.76. The molecule has 0 aromatic carbocycles. The first-order valence-electron chi connectivity index (χ1n) is 8.24. The van der Waals surface area contributed by atoms with Crippen molar-refractivity contribution >= 4 is 5.91 Å². The van der Waals surface area contributed by atoms with Crippen LogP contribution in [0.15, 0.2) is 29.5 Å². The Hall–Kier alpha value is -2.44. The molecule has 0 saturated carbocycles. The molecule has 24 heavy (non-hydrogen) atoms. The Morgan fingerprint density at radius 1 is 1.42 bits per heavy atom. The molecule has 128 valence electrons. The lowest BCUT2D eigenvalue weighted by Crippen LogP contribution is -2.36. The number of carbonyl (C=O) groups excluding carboxylic acids is 1. The summed E-state index contributed by atoms with van der Waals surface area (Å²) in [5, 5.41) is 7.56. The average Bonchev–Trinajstić information content (AvgIpc) is 2.95. The highest BCUT2D eigenvalue weighted by Gasteiger charge is 2.28. The molecule has 2 heterocycles. The van der Waals surface area contributed by atoms with Crippen molar-refractivity contribution in [1.82, 2.24) is 24.6 Å². The van der Waals surface area contributed by atoms with Crippen molar-refractivity contribution in [3.8, 4) is 0 Å². The maximum absolute atomic E-state index is 12.3. The summed E-state index contributed by atoms with van der Waals surface area (Å²) in [5.74, 6) is -0.188. The molecule has 0 saturated heterocycles. The van der Waals surface area contributed by atoms with Crippen molar-refractivity contribution in [2.24, 2.45) is 0 Å². The number of amides is 1. The van der Waals surface area contributed by atoms with Crippen molar-refractivity contribution in [3.63, 3.8) is 0 Å². The Bertz CT molecular complexity index is 800. The summed E-state index contributed by atoms with van der Waals surface area (Å²) in [7, 11) is 0. The topological polar surface area (TPSA) is 81.8 Å². The monoisotopic (exact) mass is 329 g/mol. The second kappa shape index (κ2) is 6.22. The van der Waals surface area contributed by atoms with Crippen LogP contribution in [0.5, 0.6) is 0 Å². The van der Waals surface area contributed by atoms with Crippen LogP contribution < -0.4 is 11.0 Å². The van der Waals surface area contributed by atoms with Gasteiger partial charge < -0.3 is 5.32 Å². The molecular formula is C17H23N5O2. The van der Waals surface area contributed by atoms with Crippen molar-refractivity contribution in [2.75, 3.05) is 0 Å². The van der Waals surface area contributed by atoms with Gasteiger partial charge in [0.2, 0.25) is 5.91 Å². The van der Waals surface area contributed by atoms with E-state index in [4.69, 9.17) is 0 Å². The van der Waals surface area contributed by atoms with Gasteiger partial charge in [-0.15, -0.1) is 0 Å². The van der Waals surface area contributed by atoms with Crippen LogP contribution in [0.25, 0.3) is 0 Å². The van der Waals surface area contributed by atoms with Crippen molar-refractivity contribution < 1.29 is 4.79 Å². The molecule has 3 rings (SSSR count). The molecule has 0 spiro atoms. The van der Waals surface area contributed by atoms with E-state index in [9.17, 15) is 9.59 Å². The summed E-state index contributed by atoms with van der Waals surface area (Å²) >= 11 is 0. The van der Waals surface area contributed by atoms with E-state index in [1.54, 1.807) is 12.3 Å². The summed E-state index contributed by atoms with van der Waals surface area (Å²) in [6.45, 7) is 6.35. The molecule has 1 amide bonds. The predicted molar refractivity (Wildman–Crippen MR) is 89.5 cm³/mol. The van der Waals surface area contributed by atoms with Gasteiger partial charge in [-0.2, -0.15) is 5.10 Å². The van der Waals surface area contributed by atoms with Gasteiger partial charge >= 0.3 is 5.69 Å². The highest BCUT2D eigenvalue weighted by atomic mass is 16.2. The normalized spacial score (nSPS) is 17.4. The Morgan fingerprint density at radius 2 is 2.21 bits per heavy atom. The second-order valence-corrected chi connectivity index (χ2v) is 7.17. The van der Waals surface area contributed by atoms with Crippen molar-refractivity contribution in [2.45, 2.75) is 58.2 Å². The molecule has 0 fully saturated rings. The summed E-state index contributed by atoms with van der Waals surface area (Å²) in [4.78, 5) is 27.6. The summed E-state index contributed by atoms with van der Waals surface area (Å²) < 4.78 is 3.35. The van der Waals surface area contributed by atoms with Crippen LogP contribution in [-0.4, -0.2) is 25.2 Å². The van der Waals surface area contributed by atoms with Gasteiger partial charge in [-0.1, -0.05) is 0 Å². The smallest absolute Gasteiger partial charge is 0.347 e. The van der Waals surface area contributed by atoms with Crippen LogP contribution in [0.3, 0.4) is 0 Å². The van der Waals surface area contributed by atoms with Gasteiger partial charge in [-0.3, -0.25) is 14.0 Å². The predicted octanol–water partition coefficient (Wildman–Crippen LogP) is 1.39. The number of aromatic nitrogens is 4. The van der Waals surface area contributed by atoms with Crippen LogP contribution >= 0.6 is 0 Å². The molecule has 1 aliphatic rings. The average molecular weight is 329 g/mol. The highest BCUT2D eigenvalue weighted by Crippen LogP contribution is 2.32. The van der Waals surface area contributed by atoms with E-state index in [1.807, 2.05) is 10.9 Å². The number of carbonyl (C=O) groups is 1. The molecule has 2 aromatic heterocycles. The fourth-order valence-corrected chi connectivity index (χ4v) is 3.19. The fraction of sp³-hybridized carbons (Fsp3) is 0.529. The van der Waals surface area contributed by atoms with Gasteiger partial charge in [0.15, 0.2) is 0 Å². The van der Waals surface area contributed by atoms with E-state index < -0.39 is 5.69 Å². The zero-order valence-corrected chi connectivity index (χ0v) is 14.3. The van der Waals surface area contributed by atoms with Crippen LogP contribution in [0, 0.1) is 0 Å². The lowest BCUT2D eigenvalue weighted by Gasteiger charge is -2.28. The summed E-state index contributed by atoms with van der Waals surface area (Å²) in [6.07, 6.45) is 7.72. The molecule has 1 atom stereocenters. The second-order valence-electron chi connectivity index (χ2n) is 7.17. The molecule has 0 radical (unpaired) electrons.